The molecule has 0 radical (unpaired) electrons. The third-order valence-electron chi connectivity index (χ3n) is 4.94. The van der Waals surface area contributed by atoms with Crippen LogP contribution in [0.2, 0.25) is 0 Å². The summed E-state index contributed by atoms with van der Waals surface area (Å²) in [5.74, 6) is -0.347. The van der Waals surface area contributed by atoms with E-state index in [1.54, 1.807) is 0 Å². The number of nitrogens with one attached hydrogen (secondary N) is 1. The first kappa shape index (κ1) is 15.3. The van der Waals surface area contributed by atoms with Gasteiger partial charge in [-0.25, -0.2) is 0 Å². The van der Waals surface area contributed by atoms with Crippen molar-refractivity contribution in [2.45, 2.75) is 58.5 Å². The van der Waals surface area contributed by atoms with Gasteiger partial charge in [0.15, 0.2) is 0 Å². The average Bonchev–Trinajstić information content (AvgIpc) is 2.37. The van der Waals surface area contributed by atoms with E-state index in [-0.39, 0.29) is 35.2 Å². The van der Waals surface area contributed by atoms with Gasteiger partial charge in [-0.2, -0.15) is 0 Å². The van der Waals surface area contributed by atoms with Crippen molar-refractivity contribution >= 4 is 11.8 Å². The molecule has 5 nitrogen and oxygen atoms in total. The highest BCUT2D eigenvalue weighted by atomic mass is 16.2. The molecule has 5 heteroatoms. The Hall–Kier alpha value is -1.10. The Morgan fingerprint density at radius 2 is 2.00 bits per heavy atom. The highest BCUT2D eigenvalue weighted by molar-refractivity contribution is 5.84. The number of primary amides is 1. The van der Waals surface area contributed by atoms with Crippen molar-refractivity contribution < 1.29 is 9.59 Å². The van der Waals surface area contributed by atoms with Crippen LogP contribution in [0.3, 0.4) is 0 Å². The molecular formula is C15H27N3O2. The number of piperidine rings is 2. The summed E-state index contributed by atoms with van der Waals surface area (Å²) in [6, 6.07) is 0.0444. The maximum absolute atomic E-state index is 12.9. The third-order valence-corrected chi connectivity index (χ3v) is 4.94. The highest BCUT2D eigenvalue weighted by Crippen LogP contribution is 2.33. The van der Waals surface area contributed by atoms with Crippen LogP contribution in [0.5, 0.6) is 0 Å². The van der Waals surface area contributed by atoms with Gasteiger partial charge in [-0.1, -0.05) is 13.8 Å². The summed E-state index contributed by atoms with van der Waals surface area (Å²) in [6.45, 7) is 7.71. The van der Waals surface area contributed by atoms with Crippen LogP contribution >= 0.6 is 0 Å². The molecule has 3 unspecified atom stereocenters. The van der Waals surface area contributed by atoms with Crippen LogP contribution in [0.1, 0.15) is 46.5 Å². The Morgan fingerprint density at radius 3 is 2.60 bits per heavy atom. The molecule has 2 aliphatic rings. The van der Waals surface area contributed by atoms with Gasteiger partial charge in [0.1, 0.15) is 0 Å². The number of rotatable bonds is 2. The summed E-state index contributed by atoms with van der Waals surface area (Å²) in [6.07, 6.45) is 3.81. The fourth-order valence-electron chi connectivity index (χ4n) is 3.44. The van der Waals surface area contributed by atoms with E-state index in [1.165, 1.54) is 0 Å². The fraction of sp³-hybridized carbons (Fsp3) is 0.867. The number of nitrogens with zero attached hydrogens (tertiary/aromatic N) is 1. The largest absolute Gasteiger partial charge is 0.369 e. The molecule has 2 fully saturated rings. The molecular weight excluding hydrogens is 254 g/mol. The summed E-state index contributed by atoms with van der Waals surface area (Å²) < 4.78 is 0. The zero-order chi connectivity index (χ0) is 14.9. The number of hydrogen-bond acceptors (Lipinski definition) is 3. The normalized spacial score (nSPS) is 33.8. The van der Waals surface area contributed by atoms with Crippen molar-refractivity contribution in [3.63, 3.8) is 0 Å². The van der Waals surface area contributed by atoms with E-state index in [2.05, 4.69) is 26.1 Å². The van der Waals surface area contributed by atoms with Gasteiger partial charge in [0.05, 0.1) is 12.0 Å². The molecule has 0 aromatic heterocycles. The molecule has 0 saturated carbocycles. The van der Waals surface area contributed by atoms with Gasteiger partial charge in [0.25, 0.3) is 0 Å². The second kappa shape index (κ2) is 5.72. The maximum Gasteiger partial charge on any atom is 0.240 e. The van der Waals surface area contributed by atoms with Gasteiger partial charge < -0.3 is 16.0 Å². The van der Waals surface area contributed by atoms with E-state index in [0.717, 1.165) is 32.2 Å². The number of likely N-dealkylation sites (tertiary alicyclic amines) is 1. The SMILES string of the molecule is CC1CCC(C(N)=O)CN1C(=O)C1NCCCC1(C)C. The van der Waals surface area contributed by atoms with Crippen molar-refractivity contribution in [1.29, 1.82) is 0 Å². The summed E-state index contributed by atoms with van der Waals surface area (Å²) in [7, 11) is 0. The lowest BCUT2D eigenvalue weighted by Crippen LogP contribution is -2.60. The molecule has 3 N–H and O–H groups in total. The Balaban J connectivity index is 2.11. The Morgan fingerprint density at radius 1 is 1.30 bits per heavy atom. The van der Waals surface area contributed by atoms with Gasteiger partial charge in [-0.05, 0) is 44.6 Å². The topological polar surface area (TPSA) is 75.4 Å². The van der Waals surface area contributed by atoms with Crippen molar-refractivity contribution in [2.24, 2.45) is 17.1 Å². The molecule has 3 atom stereocenters. The third kappa shape index (κ3) is 2.97. The van der Waals surface area contributed by atoms with E-state index in [1.807, 2.05) is 4.90 Å². The van der Waals surface area contributed by atoms with Gasteiger partial charge in [-0.3, -0.25) is 9.59 Å². The molecule has 20 heavy (non-hydrogen) atoms. The lowest BCUT2D eigenvalue weighted by molar-refractivity contribution is -0.143. The Labute approximate surface area is 121 Å². The first-order valence-corrected chi connectivity index (χ1v) is 7.66. The Kier molecular flexibility index (Phi) is 4.37. The summed E-state index contributed by atoms with van der Waals surface area (Å²) >= 11 is 0. The van der Waals surface area contributed by atoms with E-state index in [9.17, 15) is 9.59 Å². The molecule has 2 saturated heterocycles. The number of nitrogens with two attached hydrogens (primary N) is 1. The van der Waals surface area contributed by atoms with Crippen molar-refractivity contribution in [2.75, 3.05) is 13.1 Å². The van der Waals surface area contributed by atoms with Crippen LogP contribution < -0.4 is 11.1 Å². The van der Waals surface area contributed by atoms with Crippen LogP contribution in [-0.2, 0) is 9.59 Å². The zero-order valence-electron chi connectivity index (χ0n) is 12.8. The number of carbonyl (C=O) groups excluding carboxylic acids is 2. The van der Waals surface area contributed by atoms with Crippen LogP contribution in [-0.4, -0.2) is 41.9 Å². The minimum absolute atomic E-state index is 0.0330. The number of carbonyl (C=O) groups is 2. The fourth-order valence-corrected chi connectivity index (χ4v) is 3.44. The van der Waals surface area contributed by atoms with Crippen LogP contribution in [0.15, 0.2) is 0 Å². The van der Waals surface area contributed by atoms with Crippen LogP contribution in [0.4, 0.5) is 0 Å². The second-order valence-electron chi connectivity index (χ2n) is 7.00. The molecule has 0 aliphatic carbocycles. The van der Waals surface area contributed by atoms with Crippen molar-refractivity contribution in [3.8, 4) is 0 Å². The maximum atomic E-state index is 12.9. The number of amides is 2. The van der Waals surface area contributed by atoms with Crippen LogP contribution in [0.25, 0.3) is 0 Å². The molecule has 0 aromatic carbocycles. The lowest BCUT2D eigenvalue weighted by atomic mass is 9.76. The first-order valence-electron chi connectivity index (χ1n) is 7.66. The van der Waals surface area contributed by atoms with E-state index < -0.39 is 0 Å². The minimum Gasteiger partial charge on any atom is -0.369 e. The van der Waals surface area contributed by atoms with Crippen LogP contribution in [0, 0.1) is 11.3 Å². The Bertz CT molecular complexity index is 395. The van der Waals surface area contributed by atoms with Gasteiger partial charge in [0, 0.05) is 12.6 Å². The van der Waals surface area contributed by atoms with Crippen molar-refractivity contribution in [1.82, 2.24) is 10.2 Å². The van der Waals surface area contributed by atoms with E-state index in [4.69, 9.17) is 5.73 Å². The zero-order valence-corrected chi connectivity index (χ0v) is 12.8. The minimum atomic E-state index is -0.287. The van der Waals surface area contributed by atoms with Crippen molar-refractivity contribution in [3.05, 3.63) is 0 Å². The molecule has 2 amide bonds. The summed E-state index contributed by atoms with van der Waals surface area (Å²) in [5, 5.41) is 3.36. The molecule has 114 valence electrons. The molecule has 2 aliphatic heterocycles. The average molecular weight is 281 g/mol. The van der Waals surface area contributed by atoms with E-state index in [0.29, 0.717) is 6.54 Å². The summed E-state index contributed by atoms with van der Waals surface area (Å²) in [5.41, 5.74) is 5.38. The number of hydrogen-bond donors (Lipinski definition) is 2. The van der Waals surface area contributed by atoms with Gasteiger partial charge in [-0.15, -0.1) is 0 Å². The predicted molar refractivity (Wildman–Crippen MR) is 77.9 cm³/mol. The molecule has 2 rings (SSSR count). The molecule has 0 spiro atoms. The first-order chi connectivity index (χ1) is 9.33. The standard InChI is InChI=1S/C15H27N3O2/c1-10-5-6-11(13(16)19)9-18(10)14(20)12-15(2,3)7-4-8-17-12/h10-12,17H,4-9H2,1-3H3,(H2,16,19). The highest BCUT2D eigenvalue weighted by Gasteiger charge is 2.42. The quantitative estimate of drug-likeness (QED) is 0.789. The monoisotopic (exact) mass is 281 g/mol. The second-order valence-corrected chi connectivity index (χ2v) is 7.00. The molecule has 0 aromatic rings. The van der Waals surface area contributed by atoms with Gasteiger partial charge >= 0.3 is 0 Å². The molecule has 2 heterocycles. The molecule has 0 bridgehead atoms. The lowest BCUT2D eigenvalue weighted by Gasteiger charge is -2.44. The van der Waals surface area contributed by atoms with Gasteiger partial charge in [0.2, 0.25) is 11.8 Å². The summed E-state index contributed by atoms with van der Waals surface area (Å²) in [4.78, 5) is 26.1. The van der Waals surface area contributed by atoms with E-state index >= 15 is 0 Å². The smallest absolute Gasteiger partial charge is 0.240 e. The predicted octanol–water partition coefficient (Wildman–Crippen LogP) is 0.877.